The molecule has 98 valence electrons. The summed E-state index contributed by atoms with van der Waals surface area (Å²) in [5, 5.41) is 14.0. The molecule has 1 aliphatic heterocycles. The quantitative estimate of drug-likeness (QED) is 0.617. The van der Waals surface area contributed by atoms with Crippen LogP contribution in [0.1, 0.15) is 0 Å². The fourth-order valence-corrected chi connectivity index (χ4v) is 2.07. The van der Waals surface area contributed by atoms with Crippen LogP contribution < -0.4 is 10.2 Å². The number of morpholine rings is 1. The Labute approximate surface area is 105 Å². The molecule has 2 heterocycles. The van der Waals surface area contributed by atoms with E-state index in [-0.39, 0.29) is 11.9 Å². The molecule has 1 unspecified atom stereocenters. The standard InChI is InChI=1S/C11H16N4O3/c1-12-7-9-8-14(5-6-18-9)10-3-2-4-13-11(10)15(16)17/h2-4,9,12H,5-8H2,1H3. The molecule has 0 radical (unpaired) electrons. The van der Waals surface area contributed by atoms with Gasteiger partial charge in [0.2, 0.25) is 0 Å². The second-order valence-electron chi connectivity index (χ2n) is 4.10. The Kier molecular flexibility index (Phi) is 4.06. The molecule has 0 amide bonds. The summed E-state index contributed by atoms with van der Waals surface area (Å²) in [5.41, 5.74) is 0.562. The fourth-order valence-electron chi connectivity index (χ4n) is 2.07. The van der Waals surface area contributed by atoms with E-state index in [0.29, 0.717) is 25.4 Å². The third kappa shape index (κ3) is 2.74. The first-order valence-corrected chi connectivity index (χ1v) is 5.83. The molecular weight excluding hydrogens is 236 g/mol. The third-order valence-corrected chi connectivity index (χ3v) is 2.85. The predicted molar refractivity (Wildman–Crippen MR) is 66.8 cm³/mol. The van der Waals surface area contributed by atoms with Crippen LogP contribution in [0.5, 0.6) is 0 Å². The lowest BCUT2D eigenvalue weighted by Gasteiger charge is -2.33. The molecule has 7 nitrogen and oxygen atoms in total. The molecule has 0 bridgehead atoms. The lowest BCUT2D eigenvalue weighted by atomic mass is 10.2. The van der Waals surface area contributed by atoms with Crippen molar-refractivity contribution in [3.8, 4) is 0 Å². The number of nitrogens with one attached hydrogen (secondary N) is 1. The zero-order valence-corrected chi connectivity index (χ0v) is 10.2. The van der Waals surface area contributed by atoms with Gasteiger partial charge in [0, 0.05) is 19.6 Å². The molecule has 1 aromatic heterocycles. The Morgan fingerprint density at radius 3 is 3.28 bits per heavy atom. The van der Waals surface area contributed by atoms with Crippen molar-refractivity contribution < 1.29 is 9.66 Å². The van der Waals surface area contributed by atoms with E-state index in [4.69, 9.17) is 4.74 Å². The minimum Gasteiger partial charge on any atom is -0.373 e. The highest BCUT2D eigenvalue weighted by Gasteiger charge is 2.26. The van der Waals surface area contributed by atoms with Gasteiger partial charge < -0.3 is 25.1 Å². The number of likely N-dealkylation sites (N-methyl/N-ethyl adjacent to an activating group) is 1. The number of nitrogens with zero attached hydrogens (tertiary/aromatic N) is 3. The van der Waals surface area contributed by atoms with Gasteiger partial charge in [-0.05, 0) is 29.1 Å². The van der Waals surface area contributed by atoms with Crippen LogP contribution in [0.2, 0.25) is 0 Å². The highest BCUT2D eigenvalue weighted by Crippen LogP contribution is 2.26. The molecular formula is C11H16N4O3. The SMILES string of the molecule is CNCC1CN(c2cccnc2[N+](=O)[O-])CCO1. The predicted octanol–water partition coefficient (Wildman–Crippen LogP) is 0.414. The topological polar surface area (TPSA) is 80.5 Å². The second-order valence-corrected chi connectivity index (χ2v) is 4.10. The molecule has 7 heteroatoms. The Hall–Kier alpha value is -1.73. The zero-order valence-electron chi connectivity index (χ0n) is 10.2. The van der Waals surface area contributed by atoms with Gasteiger partial charge in [-0.1, -0.05) is 0 Å². The maximum atomic E-state index is 10.9. The van der Waals surface area contributed by atoms with E-state index in [2.05, 4.69) is 10.3 Å². The molecule has 0 aromatic carbocycles. The van der Waals surface area contributed by atoms with Crippen molar-refractivity contribution in [1.82, 2.24) is 10.3 Å². The number of rotatable bonds is 4. The smallest absolute Gasteiger partial charge is 0.373 e. The first-order valence-electron chi connectivity index (χ1n) is 5.83. The number of hydrogen-bond donors (Lipinski definition) is 1. The van der Waals surface area contributed by atoms with E-state index in [0.717, 1.165) is 6.54 Å². The van der Waals surface area contributed by atoms with Crippen LogP contribution in [0.3, 0.4) is 0 Å². The van der Waals surface area contributed by atoms with E-state index in [1.165, 1.54) is 6.20 Å². The van der Waals surface area contributed by atoms with Gasteiger partial charge in [-0.25, -0.2) is 0 Å². The summed E-state index contributed by atoms with van der Waals surface area (Å²) in [7, 11) is 1.86. The van der Waals surface area contributed by atoms with Gasteiger partial charge in [-0.3, -0.25) is 0 Å². The molecule has 1 atom stereocenters. The minimum atomic E-state index is -0.447. The summed E-state index contributed by atoms with van der Waals surface area (Å²) in [6.07, 6.45) is 1.48. The van der Waals surface area contributed by atoms with Gasteiger partial charge in [-0.2, -0.15) is 0 Å². The van der Waals surface area contributed by atoms with Crippen molar-refractivity contribution in [3.05, 3.63) is 28.4 Å². The zero-order chi connectivity index (χ0) is 13.0. The average molecular weight is 252 g/mol. The summed E-state index contributed by atoms with van der Waals surface area (Å²) in [6.45, 7) is 2.57. The normalized spacial score (nSPS) is 19.8. The summed E-state index contributed by atoms with van der Waals surface area (Å²) in [5.74, 6) is -0.0948. The molecule has 2 rings (SSSR count). The number of anilines is 1. The van der Waals surface area contributed by atoms with Crippen molar-refractivity contribution in [2.75, 3.05) is 38.2 Å². The van der Waals surface area contributed by atoms with Crippen molar-refractivity contribution in [1.29, 1.82) is 0 Å². The van der Waals surface area contributed by atoms with E-state index in [1.54, 1.807) is 12.1 Å². The van der Waals surface area contributed by atoms with Gasteiger partial charge in [0.25, 0.3) is 0 Å². The molecule has 18 heavy (non-hydrogen) atoms. The van der Waals surface area contributed by atoms with Crippen LogP contribution in [-0.2, 0) is 4.74 Å². The number of pyridine rings is 1. The minimum absolute atomic E-state index is 0.0450. The summed E-state index contributed by atoms with van der Waals surface area (Å²) in [6, 6.07) is 3.44. The number of aromatic nitrogens is 1. The molecule has 0 aliphatic carbocycles. The van der Waals surface area contributed by atoms with Crippen molar-refractivity contribution in [2.24, 2.45) is 0 Å². The highest BCUT2D eigenvalue weighted by molar-refractivity contribution is 5.59. The van der Waals surface area contributed by atoms with Crippen molar-refractivity contribution in [2.45, 2.75) is 6.10 Å². The molecule has 1 N–H and O–H groups in total. The van der Waals surface area contributed by atoms with E-state index < -0.39 is 4.92 Å². The molecule has 0 spiro atoms. The monoisotopic (exact) mass is 252 g/mol. The largest absolute Gasteiger partial charge is 0.387 e. The van der Waals surface area contributed by atoms with Crippen LogP contribution in [0.4, 0.5) is 11.5 Å². The summed E-state index contributed by atoms with van der Waals surface area (Å²) < 4.78 is 5.58. The maximum absolute atomic E-state index is 10.9. The van der Waals surface area contributed by atoms with E-state index in [1.807, 2.05) is 11.9 Å². The molecule has 1 aromatic rings. The molecule has 0 saturated carbocycles. The van der Waals surface area contributed by atoms with Crippen molar-refractivity contribution >= 4 is 11.5 Å². The number of ether oxygens (including phenoxy) is 1. The average Bonchev–Trinajstić information content (AvgIpc) is 2.39. The fraction of sp³-hybridized carbons (Fsp3) is 0.545. The first-order chi connectivity index (χ1) is 8.72. The van der Waals surface area contributed by atoms with E-state index in [9.17, 15) is 10.1 Å². The van der Waals surface area contributed by atoms with Crippen LogP contribution in [0.15, 0.2) is 18.3 Å². The van der Waals surface area contributed by atoms with Gasteiger partial charge in [0.1, 0.15) is 11.9 Å². The first kappa shape index (κ1) is 12.7. The lowest BCUT2D eigenvalue weighted by molar-refractivity contribution is -0.388. The van der Waals surface area contributed by atoms with Crippen LogP contribution in [-0.4, -0.2) is 49.3 Å². The highest BCUT2D eigenvalue weighted by atomic mass is 16.6. The van der Waals surface area contributed by atoms with Crippen molar-refractivity contribution in [3.63, 3.8) is 0 Å². The van der Waals surface area contributed by atoms with Gasteiger partial charge in [0.05, 0.1) is 12.7 Å². The number of nitro groups is 1. The Bertz CT molecular complexity index is 425. The molecule has 1 saturated heterocycles. The van der Waals surface area contributed by atoms with Gasteiger partial charge >= 0.3 is 5.82 Å². The van der Waals surface area contributed by atoms with Crippen LogP contribution in [0, 0.1) is 10.1 Å². The molecule has 1 fully saturated rings. The molecule has 1 aliphatic rings. The second kappa shape index (κ2) is 5.74. The Morgan fingerprint density at radius 2 is 2.56 bits per heavy atom. The van der Waals surface area contributed by atoms with Gasteiger partial charge in [0.15, 0.2) is 0 Å². The Morgan fingerprint density at radius 1 is 1.72 bits per heavy atom. The third-order valence-electron chi connectivity index (χ3n) is 2.85. The maximum Gasteiger partial charge on any atom is 0.387 e. The van der Waals surface area contributed by atoms with Crippen LogP contribution in [0.25, 0.3) is 0 Å². The van der Waals surface area contributed by atoms with Crippen LogP contribution >= 0.6 is 0 Å². The summed E-state index contributed by atoms with van der Waals surface area (Å²) in [4.78, 5) is 16.3. The Balaban J connectivity index is 2.18. The van der Waals surface area contributed by atoms with Gasteiger partial charge in [-0.15, -0.1) is 0 Å². The number of hydrogen-bond acceptors (Lipinski definition) is 6. The lowest BCUT2D eigenvalue weighted by Crippen LogP contribution is -2.46. The van der Waals surface area contributed by atoms with E-state index >= 15 is 0 Å². The summed E-state index contributed by atoms with van der Waals surface area (Å²) >= 11 is 0.